The van der Waals surface area contributed by atoms with Crippen LogP contribution in [0.15, 0.2) is 66.7 Å². The zero-order valence-electron chi connectivity index (χ0n) is 20.4. The molecule has 1 fully saturated rings. The van der Waals surface area contributed by atoms with Crippen LogP contribution in [0.5, 0.6) is 0 Å². The minimum atomic E-state index is -0.521. The molecular weight excluding hydrogens is 494 g/mol. The van der Waals surface area contributed by atoms with Crippen molar-refractivity contribution in [3.05, 3.63) is 104 Å². The number of hydrogen-bond acceptors (Lipinski definition) is 6. The van der Waals surface area contributed by atoms with Crippen LogP contribution in [0.25, 0.3) is 0 Å². The Hall–Kier alpha value is -3.91. The number of anilines is 1. The number of carbonyl (C=O) groups is 2. The van der Waals surface area contributed by atoms with Gasteiger partial charge < -0.3 is 15.4 Å². The van der Waals surface area contributed by atoms with Crippen LogP contribution < -0.4 is 10.6 Å². The van der Waals surface area contributed by atoms with Gasteiger partial charge in [-0.2, -0.15) is 0 Å². The predicted molar refractivity (Wildman–Crippen MR) is 142 cm³/mol. The summed E-state index contributed by atoms with van der Waals surface area (Å²) in [4.78, 5) is 36.2. The zero-order chi connectivity index (χ0) is 26.4. The van der Waals surface area contributed by atoms with Gasteiger partial charge in [0.15, 0.2) is 0 Å². The summed E-state index contributed by atoms with van der Waals surface area (Å²) in [6.07, 6.45) is 2.64. The first-order chi connectivity index (χ1) is 17.8. The number of aryl methyl sites for hydroxylation is 1. The van der Waals surface area contributed by atoms with E-state index in [9.17, 15) is 19.7 Å². The largest absolute Gasteiger partial charge is 0.459 e. The third kappa shape index (κ3) is 6.86. The number of halogens is 1. The smallest absolute Gasteiger partial charge is 0.338 e. The molecular formula is C28H28ClN3O5. The molecule has 0 unspecified atom stereocenters. The maximum absolute atomic E-state index is 13.1. The number of hydrogen-bond donors (Lipinski definition) is 2. The number of nitro benzene ring substituents is 1. The van der Waals surface area contributed by atoms with Gasteiger partial charge in [-0.05, 0) is 68.0 Å². The number of nitrogens with one attached hydrogen (secondary N) is 2. The Kier molecular flexibility index (Phi) is 8.40. The number of carbonyl (C=O) groups excluding carboxylic acids is 2. The number of nitrogens with zero attached hydrogens (tertiary/aromatic N) is 1. The lowest BCUT2D eigenvalue weighted by atomic mass is 9.92. The summed E-state index contributed by atoms with van der Waals surface area (Å²) in [6.45, 7) is 2.13. The van der Waals surface area contributed by atoms with Gasteiger partial charge in [-0.15, -0.1) is 0 Å². The summed E-state index contributed by atoms with van der Waals surface area (Å²) in [5, 5.41) is 18.2. The molecule has 37 heavy (non-hydrogen) atoms. The third-order valence-corrected chi connectivity index (χ3v) is 6.87. The van der Waals surface area contributed by atoms with Crippen molar-refractivity contribution in [1.29, 1.82) is 0 Å². The van der Waals surface area contributed by atoms with E-state index in [1.807, 2.05) is 25.1 Å². The fourth-order valence-corrected chi connectivity index (χ4v) is 4.53. The minimum Gasteiger partial charge on any atom is -0.459 e. The molecule has 0 spiro atoms. The third-order valence-electron chi connectivity index (χ3n) is 6.46. The van der Waals surface area contributed by atoms with Gasteiger partial charge in [0.1, 0.15) is 6.10 Å². The molecule has 8 nitrogen and oxygen atoms in total. The van der Waals surface area contributed by atoms with Crippen LogP contribution in [0.3, 0.4) is 0 Å². The molecule has 0 heterocycles. The lowest BCUT2D eigenvalue weighted by Gasteiger charge is -2.30. The van der Waals surface area contributed by atoms with Crippen LogP contribution in [-0.2, 0) is 11.3 Å². The highest BCUT2D eigenvalue weighted by Crippen LogP contribution is 2.28. The molecule has 192 valence electrons. The van der Waals surface area contributed by atoms with Crippen molar-refractivity contribution < 1.29 is 19.2 Å². The maximum atomic E-state index is 13.1. The van der Waals surface area contributed by atoms with Crippen LogP contribution in [0.4, 0.5) is 11.4 Å². The van der Waals surface area contributed by atoms with Gasteiger partial charge in [0.05, 0.1) is 16.1 Å². The molecule has 9 heteroatoms. The monoisotopic (exact) mass is 521 g/mol. The number of amides is 1. The molecule has 1 aliphatic carbocycles. The Bertz CT molecular complexity index is 1290. The normalized spacial score (nSPS) is 17.0. The van der Waals surface area contributed by atoms with Crippen LogP contribution in [0.2, 0.25) is 5.02 Å². The molecule has 2 N–H and O–H groups in total. The summed E-state index contributed by atoms with van der Waals surface area (Å²) in [7, 11) is 0. The Balaban J connectivity index is 1.39. The van der Waals surface area contributed by atoms with Crippen molar-refractivity contribution in [3.63, 3.8) is 0 Å². The second-order valence-electron chi connectivity index (χ2n) is 9.14. The van der Waals surface area contributed by atoms with Crippen LogP contribution >= 0.6 is 11.6 Å². The molecule has 0 bridgehead atoms. The molecule has 0 saturated heterocycles. The van der Waals surface area contributed by atoms with Crippen molar-refractivity contribution in [3.8, 4) is 0 Å². The van der Waals surface area contributed by atoms with Gasteiger partial charge in [-0.25, -0.2) is 4.79 Å². The van der Waals surface area contributed by atoms with E-state index in [2.05, 4.69) is 10.6 Å². The quantitative estimate of drug-likeness (QED) is 0.211. The molecule has 0 aromatic heterocycles. The highest BCUT2D eigenvalue weighted by Gasteiger charge is 2.26. The molecule has 1 saturated carbocycles. The second-order valence-corrected chi connectivity index (χ2v) is 9.55. The topological polar surface area (TPSA) is 111 Å². The summed E-state index contributed by atoms with van der Waals surface area (Å²) < 4.78 is 5.65. The fourth-order valence-electron chi connectivity index (χ4n) is 4.32. The van der Waals surface area contributed by atoms with Crippen molar-refractivity contribution in [1.82, 2.24) is 5.32 Å². The predicted octanol–water partition coefficient (Wildman–Crippen LogP) is 6.07. The Morgan fingerprint density at radius 1 is 1.03 bits per heavy atom. The van der Waals surface area contributed by atoms with E-state index < -0.39 is 10.8 Å². The van der Waals surface area contributed by atoms with Gasteiger partial charge in [0.2, 0.25) is 0 Å². The average Bonchev–Trinajstić information content (AvgIpc) is 2.91. The number of benzene rings is 3. The van der Waals surface area contributed by atoms with Crippen molar-refractivity contribution in [2.45, 2.75) is 51.3 Å². The zero-order valence-corrected chi connectivity index (χ0v) is 21.2. The Labute approximate surface area is 220 Å². The number of esters is 1. The van der Waals surface area contributed by atoms with E-state index >= 15 is 0 Å². The summed E-state index contributed by atoms with van der Waals surface area (Å²) in [5.74, 6) is -0.755. The minimum absolute atomic E-state index is 0.0376. The van der Waals surface area contributed by atoms with Gasteiger partial charge >= 0.3 is 5.97 Å². The highest BCUT2D eigenvalue weighted by atomic mass is 35.5. The Morgan fingerprint density at radius 3 is 2.43 bits per heavy atom. The molecule has 0 atom stereocenters. The number of nitro groups is 1. The molecule has 4 rings (SSSR count). The van der Waals surface area contributed by atoms with Gasteiger partial charge in [0, 0.05) is 35.4 Å². The fraction of sp³-hybridized carbons (Fsp3) is 0.286. The van der Waals surface area contributed by atoms with Gasteiger partial charge in [0.25, 0.3) is 11.6 Å². The molecule has 0 radical (unpaired) electrons. The van der Waals surface area contributed by atoms with Crippen molar-refractivity contribution in [2.24, 2.45) is 0 Å². The van der Waals surface area contributed by atoms with E-state index in [1.54, 1.807) is 36.4 Å². The lowest BCUT2D eigenvalue weighted by molar-refractivity contribution is -0.384. The first-order valence-electron chi connectivity index (χ1n) is 12.1. The van der Waals surface area contributed by atoms with Crippen LogP contribution in [0.1, 0.15) is 57.5 Å². The summed E-state index contributed by atoms with van der Waals surface area (Å²) in [5.41, 5.74) is 2.85. The number of rotatable bonds is 8. The van der Waals surface area contributed by atoms with E-state index in [-0.39, 0.29) is 35.9 Å². The number of ether oxygens (including phenoxy) is 1. The lowest BCUT2D eigenvalue weighted by Crippen LogP contribution is -2.32. The standard InChI is InChI=1S/C28H28ClN3O5/c1-18-7-8-19(15-25(18)29)17-30-27(33)24-16-22(32(35)36)11-14-26(24)31-21-9-12-23(13-10-21)37-28(34)20-5-3-2-4-6-20/h2-8,11,14-16,21,23,31H,9-10,12-13,17H2,1H3,(H,30,33)/t21-,23+. The molecule has 1 amide bonds. The van der Waals surface area contributed by atoms with E-state index in [4.69, 9.17) is 16.3 Å². The van der Waals surface area contributed by atoms with Crippen LogP contribution in [0, 0.1) is 17.0 Å². The van der Waals surface area contributed by atoms with Gasteiger partial charge in [-0.1, -0.05) is 41.9 Å². The highest BCUT2D eigenvalue weighted by molar-refractivity contribution is 6.31. The van der Waals surface area contributed by atoms with E-state index in [0.29, 0.717) is 29.1 Å². The van der Waals surface area contributed by atoms with Crippen molar-refractivity contribution in [2.75, 3.05) is 5.32 Å². The molecule has 1 aliphatic rings. The SMILES string of the molecule is Cc1ccc(CNC(=O)c2cc([N+](=O)[O-])ccc2N[C@H]2CC[C@@H](OC(=O)c3ccccc3)CC2)cc1Cl. The molecule has 3 aromatic rings. The molecule has 3 aromatic carbocycles. The van der Waals surface area contributed by atoms with Crippen molar-refractivity contribution >= 4 is 34.9 Å². The maximum Gasteiger partial charge on any atom is 0.338 e. The Morgan fingerprint density at radius 2 is 1.76 bits per heavy atom. The van der Waals surface area contributed by atoms with E-state index in [1.165, 1.54) is 12.1 Å². The van der Waals surface area contributed by atoms with E-state index in [0.717, 1.165) is 24.0 Å². The van der Waals surface area contributed by atoms with Crippen LogP contribution in [-0.4, -0.2) is 28.9 Å². The summed E-state index contributed by atoms with van der Waals surface area (Å²) in [6, 6.07) is 18.7. The summed E-state index contributed by atoms with van der Waals surface area (Å²) >= 11 is 6.18. The first-order valence-corrected chi connectivity index (χ1v) is 12.5. The molecule has 0 aliphatic heterocycles. The average molecular weight is 522 g/mol. The second kappa shape index (κ2) is 11.9. The first kappa shape index (κ1) is 26.2. The number of non-ortho nitro benzene ring substituents is 1. The van der Waals surface area contributed by atoms with Gasteiger partial charge in [-0.3, -0.25) is 14.9 Å².